The van der Waals surface area contributed by atoms with Crippen LogP contribution in [0.3, 0.4) is 0 Å². The molecule has 10 heteroatoms. The molecule has 1 unspecified atom stereocenters. The maximum atomic E-state index is 14.4. The van der Waals surface area contributed by atoms with Crippen LogP contribution in [0.5, 0.6) is 0 Å². The minimum atomic E-state index is -1.25. The molecule has 0 saturated carbocycles. The van der Waals surface area contributed by atoms with E-state index in [9.17, 15) is 14.4 Å². The van der Waals surface area contributed by atoms with Crippen LogP contribution in [-0.2, 0) is 36.7 Å². The van der Waals surface area contributed by atoms with Crippen molar-refractivity contribution in [3.05, 3.63) is 81.4 Å². The fourth-order valence-corrected chi connectivity index (χ4v) is 9.92. The topological polar surface area (TPSA) is 124 Å². The summed E-state index contributed by atoms with van der Waals surface area (Å²) in [7, 11) is 1.29. The summed E-state index contributed by atoms with van der Waals surface area (Å²) in [6.07, 6.45) is 15.4. The van der Waals surface area contributed by atoms with Gasteiger partial charge in [0.25, 0.3) is 0 Å². The van der Waals surface area contributed by atoms with Gasteiger partial charge >= 0.3 is 35.0 Å². The number of ketones is 1. The Bertz CT molecular complexity index is 2500. The zero-order chi connectivity index (χ0) is 46.4. The van der Waals surface area contributed by atoms with Crippen molar-refractivity contribution in [1.82, 2.24) is 19.9 Å². The number of hydrogen-bond donors (Lipinski definition) is 0. The largest absolute Gasteiger partial charge is 2.00 e. The number of carbonyl (C=O) groups excluding carboxylic acids is 3. The van der Waals surface area contributed by atoms with Crippen molar-refractivity contribution in [2.24, 2.45) is 23.7 Å². The van der Waals surface area contributed by atoms with Gasteiger partial charge in [-0.15, -0.1) is 22.1 Å². The summed E-state index contributed by atoms with van der Waals surface area (Å²) in [5.41, 5.74) is 12.2. The van der Waals surface area contributed by atoms with Gasteiger partial charge in [-0.1, -0.05) is 152 Å². The Balaban J connectivity index is 0.00000793. The molecular weight excluding hydrogens is 821 g/mol. The van der Waals surface area contributed by atoms with E-state index in [0.29, 0.717) is 58.1 Å². The molecule has 0 N–H and O–H groups in total. The van der Waals surface area contributed by atoms with Gasteiger partial charge in [0.1, 0.15) is 5.92 Å². The smallest absolute Gasteiger partial charge is 0.657 e. The number of aryl methyl sites for hydroxylation is 4. The molecule has 9 nitrogen and oxygen atoms in total. The van der Waals surface area contributed by atoms with E-state index in [1.165, 1.54) is 58.5 Å². The number of nitrogens with zero attached hydrogens (tertiary/aromatic N) is 4. The number of fused-ring (bicyclic) bond motifs is 8. The third kappa shape index (κ3) is 11.6. The predicted octanol–water partition coefficient (Wildman–Crippen LogP) is 12.2. The molecule has 0 amide bonds. The van der Waals surface area contributed by atoms with Gasteiger partial charge in [-0.3, -0.25) is 14.4 Å². The van der Waals surface area contributed by atoms with Gasteiger partial charge in [-0.2, -0.15) is 0 Å². The molecule has 4 atom stereocenters. The molecule has 5 heterocycles. The molecule has 8 bridgehead atoms. The van der Waals surface area contributed by atoms with Crippen LogP contribution in [0.2, 0.25) is 0 Å². The Morgan fingerprint density at radius 1 is 0.754 bits per heavy atom. The Hall–Kier alpha value is -4.28. The molecule has 0 spiro atoms. The Morgan fingerprint density at radius 2 is 1.31 bits per heavy atom. The van der Waals surface area contributed by atoms with Gasteiger partial charge in [-0.25, -0.2) is 9.97 Å². The molecule has 6 rings (SSSR count). The molecule has 3 aromatic rings. The number of ether oxygens (including phenoxy) is 2. The number of hydrogen-bond acceptors (Lipinski definition) is 7. The van der Waals surface area contributed by atoms with Crippen molar-refractivity contribution in [3.63, 3.8) is 0 Å². The molecule has 0 aromatic carbocycles. The van der Waals surface area contributed by atoms with Crippen LogP contribution in [0.15, 0.2) is 30.9 Å². The Kier molecular flexibility index (Phi) is 18.3. The second-order valence-corrected chi connectivity index (χ2v) is 19.4. The van der Waals surface area contributed by atoms with Gasteiger partial charge in [-0.05, 0) is 87.3 Å². The first kappa shape index (κ1) is 51.7. The number of esters is 2. The van der Waals surface area contributed by atoms with Crippen molar-refractivity contribution in [1.29, 1.82) is 0 Å². The van der Waals surface area contributed by atoms with Crippen LogP contribution in [0, 0.1) is 37.5 Å². The number of allylic oxidation sites excluding steroid dienone is 5. The molecule has 3 aliphatic rings. The van der Waals surface area contributed by atoms with E-state index in [-0.39, 0.29) is 41.2 Å². The van der Waals surface area contributed by atoms with Gasteiger partial charge in [0, 0.05) is 17.6 Å². The normalized spacial score (nSPS) is 15.9. The minimum Gasteiger partial charge on any atom is -0.657 e. The van der Waals surface area contributed by atoms with E-state index in [0.717, 1.165) is 92.8 Å². The second-order valence-electron chi connectivity index (χ2n) is 19.4. The van der Waals surface area contributed by atoms with Gasteiger partial charge in [0.05, 0.1) is 36.5 Å². The van der Waals surface area contributed by atoms with E-state index < -0.39 is 11.9 Å². The molecule has 65 heavy (non-hydrogen) atoms. The van der Waals surface area contributed by atoms with E-state index in [1.807, 2.05) is 45.0 Å². The molecule has 2 aliphatic heterocycles. The van der Waals surface area contributed by atoms with Crippen LogP contribution in [-0.4, -0.2) is 64.5 Å². The van der Waals surface area contributed by atoms with Gasteiger partial charge < -0.3 is 19.4 Å². The average Bonchev–Trinajstić information content (AvgIpc) is 3.99. The minimum absolute atomic E-state index is 0. The second kappa shape index (κ2) is 22.9. The van der Waals surface area contributed by atoms with Gasteiger partial charge in [0.2, 0.25) is 0 Å². The van der Waals surface area contributed by atoms with Crippen molar-refractivity contribution in [2.75, 3.05) is 13.7 Å². The quantitative estimate of drug-likeness (QED) is 0.0584. The molecule has 1 aliphatic carbocycles. The fourth-order valence-electron chi connectivity index (χ4n) is 9.92. The van der Waals surface area contributed by atoms with Crippen molar-refractivity contribution in [3.8, 4) is 0 Å². The predicted molar refractivity (Wildman–Crippen MR) is 266 cm³/mol. The summed E-state index contributed by atoms with van der Waals surface area (Å²) in [5, 5.41) is 0. The summed E-state index contributed by atoms with van der Waals surface area (Å²) in [4.78, 5) is 61.7. The number of Topliss-reactive ketones (excluding diaryl/α,β-unsaturated/α-hetero) is 1. The zero-order valence-corrected chi connectivity index (χ0v) is 42.8. The molecule has 0 saturated heterocycles. The number of carbonyl (C=O) groups is 3. The standard InChI is InChI=1S/C55H73N4O5.Mg/c1-13-39-35(8)42-28-44-37(10)41(24-25-48(60)64-27-26-34(7)23-17-22-33(6)21-16-20-32(5)19-15-18-31(3)4)52(58-44)50-51(55(62)63-12)54(61)49-38(11)45(59-53(49)50)30-47-40(14-2)36(9)43(57-47)29-46(39)56-42;/h13,28-34,51H,1,14-27H2,2-12H3,(H-,56,57,58,59,61);/q-1;+2/p-1/t32-,33+,34?,51-;/m1./s1. The fraction of sp³-hybridized carbons (Fsp3) is 0.545. The van der Waals surface area contributed by atoms with Crippen LogP contribution < -0.4 is 9.97 Å². The summed E-state index contributed by atoms with van der Waals surface area (Å²) >= 11 is 0. The zero-order valence-electron chi connectivity index (χ0n) is 41.3. The first-order valence-corrected chi connectivity index (χ1v) is 24.1. The molecule has 3 aromatic heterocycles. The van der Waals surface area contributed by atoms with Crippen LogP contribution in [0.1, 0.15) is 183 Å². The van der Waals surface area contributed by atoms with Gasteiger partial charge in [0.15, 0.2) is 5.78 Å². The van der Waals surface area contributed by atoms with Crippen molar-refractivity contribution < 1.29 is 23.9 Å². The third-order valence-electron chi connectivity index (χ3n) is 14.1. The van der Waals surface area contributed by atoms with Crippen molar-refractivity contribution >= 4 is 85.1 Å². The molecule has 344 valence electrons. The van der Waals surface area contributed by atoms with E-state index in [1.54, 1.807) is 0 Å². The monoisotopic (exact) mass is 893 g/mol. The van der Waals surface area contributed by atoms with Crippen LogP contribution in [0.4, 0.5) is 0 Å². The molecular formula is C55H72MgN4O5. The van der Waals surface area contributed by atoms with E-state index >= 15 is 0 Å². The first-order chi connectivity index (χ1) is 30.6. The Morgan fingerprint density at radius 3 is 1.91 bits per heavy atom. The average molecular weight is 894 g/mol. The summed E-state index contributed by atoms with van der Waals surface area (Å²) in [5.74, 6) is 0.236. The van der Waals surface area contributed by atoms with Crippen LogP contribution >= 0.6 is 0 Å². The summed E-state index contributed by atoms with van der Waals surface area (Å²) < 4.78 is 11.1. The SMILES string of the molecule is C=CC1=C(C)c2cc3[n-]c(c(CCC(=O)OCCC(C)CCC[C@@H](C)CCC[C@H](C)CCCC(C)C)c3C)c3c4nc(cc5[n-]c(cc1n2)c(C)c5CC)C(C)=C4C(=O)[C@@H]3C(=O)OC.[Mg+2]. The first-order valence-electron chi connectivity index (χ1n) is 24.1. The third-order valence-corrected chi connectivity index (χ3v) is 14.1. The summed E-state index contributed by atoms with van der Waals surface area (Å²) in [6.45, 7) is 26.2. The van der Waals surface area contributed by atoms with E-state index in [2.05, 4.69) is 55.0 Å². The molecule has 0 fully saturated rings. The van der Waals surface area contributed by atoms with Crippen LogP contribution in [0.25, 0.3) is 44.4 Å². The Labute approximate surface area is 404 Å². The summed E-state index contributed by atoms with van der Waals surface area (Å²) in [6, 6.07) is 5.88. The maximum absolute atomic E-state index is 14.4. The molecule has 0 radical (unpaired) electrons. The number of aromatic nitrogens is 4. The maximum Gasteiger partial charge on any atom is 2.00 e. The van der Waals surface area contributed by atoms with Crippen molar-refractivity contribution in [2.45, 2.75) is 159 Å². The number of rotatable bonds is 21. The number of methoxy groups -OCH3 is 1. The van der Waals surface area contributed by atoms with E-state index in [4.69, 9.17) is 29.4 Å².